The van der Waals surface area contributed by atoms with Gasteiger partial charge in [-0.3, -0.25) is 9.36 Å². The lowest BCUT2D eigenvalue weighted by molar-refractivity contribution is -0.202. The Kier molecular flexibility index (Phi) is 2.48. The summed E-state index contributed by atoms with van der Waals surface area (Å²) in [6.45, 7) is 1.40. The fourth-order valence-corrected chi connectivity index (χ4v) is 1.56. The molecule has 0 aromatic carbocycles. The zero-order valence-electron chi connectivity index (χ0n) is 8.31. The molecule has 1 fully saturated rings. The van der Waals surface area contributed by atoms with Gasteiger partial charge in [0.05, 0.1) is 0 Å². The minimum atomic E-state index is -1.01. The maximum Gasteiger partial charge on any atom is 0.294 e. The predicted octanol–water partition coefficient (Wildman–Crippen LogP) is 1.85. The number of aromatic hydroxyl groups is 1. The number of hydrogen-bond acceptors (Lipinski definition) is 3. The Hall–Kier alpha value is -1.36. The molecule has 2 rings (SSSR count). The fraction of sp³-hybridized carbons (Fsp3) is 0.500. The van der Waals surface area contributed by atoms with Crippen molar-refractivity contribution in [1.29, 1.82) is 0 Å². The molecule has 15 heavy (non-hydrogen) atoms. The SMILES string of the molecule is CC(OF)n1cc(C2CC2)cc(O)c1=O. The minimum Gasteiger partial charge on any atom is -0.503 e. The van der Waals surface area contributed by atoms with E-state index in [2.05, 4.69) is 4.94 Å². The van der Waals surface area contributed by atoms with Gasteiger partial charge in [-0.1, -0.05) is 0 Å². The lowest BCUT2D eigenvalue weighted by atomic mass is 10.2. The van der Waals surface area contributed by atoms with E-state index in [0.29, 0.717) is 5.92 Å². The largest absolute Gasteiger partial charge is 0.503 e. The number of halogens is 1. The molecule has 0 radical (unpaired) electrons. The molecule has 1 N–H and O–H groups in total. The van der Waals surface area contributed by atoms with E-state index in [0.717, 1.165) is 23.0 Å². The van der Waals surface area contributed by atoms with Crippen LogP contribution >= 0.6 is 0 Å². The van der Waals surface area contributed by atoms with Crippen LogP contribution in [0.2, 0.25) is 0 Å². The fourth-order valence-electron chi connectivity index (χ4n) is 1.56. The molecular weight excluding hydrogens is 201 g/mol. The number of nitrogens with zero attached hydrogens (tertiary/aromatic N) is 1. The van der Waals surface area contributed by atoms with Gasteiger partial charge in [0.15, 0.2) is 12.0 Å². The molecular formula is C10H12FNO3. The summed E-state index contributed by atoms with van der Waals surface area (Å²) in [4.78, 5) is 15.0. The summed E-state index contributed by atoms with van der Waals surface area (Å²) in [7, 11) is 0. The van der Waals surface area contributed by atoms with Crippen LogP contribution in [0.5, 0.6) is 5.75 Å². The third-order valence-corrected chi connectivity index (χ3v) is 2.61. The van der Waals surface area contributed by atoms with Crippen LogP contribution in [-0.2, 0) is 4.94 Å². The summed E-state index contributed by atoms with van der Waals surface area (Å²) < 4.78 is 13.0. The summed E-state index contributed by atoms with van der Waals surface area (Å²) in [5.41, 5.74) is 0.223. The number of aromatic nitrogens is 1. The third-order valence-electron chi connectivity index (χ3n) is 2.61. The van der Waals surface area contributed by atoms with Crippen molar-refractivity contribution in [3.8, 4) is 5.75 Å². The van der Waals surface area contributed by atoms with Crippen molar-refractivity contribution in [2.24, 2.45) is 0 Å². The van der Waals surface area contributed by atoms with Gasteiger partial charge in [0, 0.05) is 6.20 Å². The molecule has 0 bridgehead atoms. The lowest BCUT2D eigenvalue weighted by Gasteiger charge is -2.12. The molecule has 0 spiro atoms. The van der Waals surface area contributed by atoms with Crippen molar-refractivity contribution in [2.45, 2.75) is 31.9 Å². The molecule has 1 aliphatic rings. The highest BCUT2D eigenvalue weighted by Gasteiger charge is 2.26. The molecule has 1 aliphatic carbocycles. The Labute approximate surface area is 85.8 Å². The molecule has 1 atom stereocenters. The van der Waals surface area contributed by atoms with Gasteiger partial charge < -0.3 is 5.11 Å². The first-order valence-corrected chi connectivity index (χ1v) is 4.86. The maximum atomic E-state index is 12.0. The van der Waals surface area contributed by atoms with Crippen LogP contribution in [0.4, 0.5) is 4.53 Å². The maximum absolute atomic E-state index is 12.0. The standard InChI is InChI=1S/C10H12FNO3/c1-6(15-11)12-5-8(7-2-3-7)4-9(13)10(12)14/h4-7,13H,2-3H2,1H3. The molecule has 1 saturated carbocycles. The van der Waals surface area contributed by atoms with Gasteiger partial charge in [-0.05, 0) is 41.8 Å². The van der Waals surface area contributed by atoms with Crippen molar-refractivity contribution in [2.75, 3.05) is 0 Å². The highest BCUT2D eigenvalue weighted by molar-refractivity contribution is 5.28. The molecule has 5 heteroatoms. The van der Waals surface area contributed by atoms with Crippen molar-refractivity contribution in [1.82, 2.24) is 4.57 Å². The molecule has 0 saturated heterocycles. The number of rotatable bonds is 3. The molecule has 0 amide bonds. The van der Waals surface area contributed by atoms with Gasteiger partial charge in [-0.2, -0.15) is 4.94 Å². The smallest absolute Gasteiger partial charge is 0.294 e. The first-order valence-electron chi connectivity index (χ1n) is 4.86. The highest BCUT2D eigenvalue weighted by atomic mass is 19.3. The molecule has 82 valence electrons. The van der Waals surface area contributed by atoms with E-state index >= 15 is 0 Å². The van der Waals surface area contributed by atoms with E-state index in [9.17, 15) is 14.4 Å². The van der Waals surface area contributed by atoms with E-state index in [1.807, 2.05) is 0 Å². The molecule has 1 aromatic rings. The van der Waals surface area contributed by atoms with Crippen molar-refractivity contribution in [3.05, 3.63) is 28.2 Å². The Morgan fingerprint density at radius 1 is 1.67 bits per heavy atom. The summed E-state index contributed by atoms with van der Waals surface area (Å²) in [6, 6.07) is 1.45. The molecule has 0 aliphatic heterocycles. The quantitative estimate of drug-likeness (QED) is 0.833. The van der Waals surface area contributed by atoms with Crippen LogP contribution in [0.1, 0.15) is 37.5 Å². The zero-order valence-corrected chi connectivity index (χ0v) is 8.31. The van der Waals surface area contributed by atoms with Crippen LogP contribution in [0, 0.1) is 0 Å². The second-order valence-corrected chi connectivity index (χ2v) is 3.83. The summed E-state index contributed by atoms with van der Waals surface area (Å²) in [6.07, 6.45) is 2.62. The average molecular weight is 213 g/mol. The Bertz CT molecular complexity index is 425. The van der Waals surface area contributed by atoms with Gasteiger partial charge in [-0.15, -0.1) is 0 Å². The van der Waals surface area contributed by atoms with E-state index in [-0.39, 0.29) is 5.75 Å². The lowest BCUT2D eigenvalue weighted by Crippen LogP contribution is -2.23. The first kappa shape index (κ1) is 10.2. The van der Waals surface area contributed by atoms with Crippen LogP contribution in [-0.4, -0.2) is 9.67 Å². The monoisotopic (exact) mass is 213 g/mol. The second kappa shape index (κ2) is 3.66. The van der Waals surface area contributed by atoms with Gasteiger partial charge in [0.1, 0.15) is 0 Å². The van der Waals surface area contributed by atoms with Crippen molar-refractivity contribution in [3.63, 3.8) is 0 Å². The Morgan fingerprint density at radius 3 is 2.87 bits per heavy atom. The highest BCUT2D eigenvalue weighted by Crippen LogP contribution is 2.40. The first-order chi connectivity index (χ1) is 7.13. The molecule has 1 heterocycles. The van der Waals surface area contributed by atoms with Crippen LogP contribution in [0.15, 0.2) is 17.1 Å². The van der Waals surface area contributed by atoms with E-state index < -0.39 is 11.8 Å². The second-order valence-electron chi connectivity index (χ2n) is 3.83. The Morgan fingerprint density at radius 2 is 2.33 bits per heavy atom. The van der Waals surface area contributed by atoms with Gasteiger partial charge in [-0.25, -0.2) is 0 Å². The molecule has 1 unspecified atom stereocenters. The Balaban J connectivity index is 2.46. The van der Waals surface area contributed by atoms with Crippen molar-refractivity contribution >= 4 is 0 Å². The zero-order chi connectivity index (χ0) is 11.0. The van der Waals surface area contributed by atoms with Gasteiger partial charge in [0.25, 0.3) is 5.56 Å². The van der Waals surface area contributed by atoms with Crippen LogP contribution < -0.4 is 5.56 Å². The summed E-state index contributed by atoms with van der Waals surface area (Å²) >= 11 is 0. The topological polar surface area (TPSA) is 51.5 Å². The molecule has 1 aromatic heterocycles. The number of hydrogen-bond donors (Lipinski definition) is 1. The number of pyridine rings is 1. The molecule has 4 nitrogen and oxygen atoms in total. The minimum absolute atomic E-state index is 0.358. The van der Waals surface area contributed by atoms with Crippen LogP contribution in [0.3, 0.4) is 0 Å². The van der Waals surface area contributed by atoms with Gasteiger partial charge in [0.2, 0.25) is 0 Å². The van der Waals surface area contributed by atoms with E-state index in [1.54, 1.807) is 6.20 Å². The van der Waals surface area contributed by atoms with E-state index in [1.165, 1.54) is 13.0 Å². The third kappa shape index (κ3) is 1.87. The van der Waals surface area contributed by atoms with Crippen molar-refractivity contribution < 1.29 is 14.6 Å². The summed E-state index contributed by atoms with van der Waals surface area (Å²) in [5.74, 6) is 0.0258. The average Bonchev–Trinajstić information content (AvgIpc) is 3.04. The van der Waals surface area contributed by atoms with Crippen LogP contribution in [0.25, 0.3) is 0 Å². The predicted molar refractivity (Wildman–Crippen MR) is 51.2 cm³/mol. The van der Waals surface area contributed by atoms with Gasteiger partial charge >= 0.3 is 0 Å². The normalized spacial score (nSPS) is 17.7. The van der Waals surface area contributed by atoms with E-state index in [4.69, 9.17) is 0 Å². The summed E-state index contributed by atoms with van der Waals surface area (Å²) in [5, 5.41) is 9.39.